The smallest absolute Gasteiger partial charge is 0.134 e. The number of methoxy groups -OCH3 is 1. The van der Waals surface area contributed by atoms with E-state index in [-0.39, 0.29) is 0 Å². The summed E-state index contributed by atoms with van der Waals surface area (Å²) >= 11 is 0. The van der Waals surface area contributed by atoms with Gasteiger partial charge in [0.1, 0.15) is 17.1 Å². The van der Waals surface area contributed by atoms with Gasteiger partial charge in [-0.2, -0.15) is 0 Å². The molecule has 0 spiro atoms. The molecule has 0 amide bonds. The number of pyridine rings is 1. The van der Waals surface area contributed by atoms with Crippen LogP contribution in [0.3, 0.4) is 0 Å². The van der Waals surface area contributed by atoms with E-state index in [0.29, 0.717) is 6.54 Å². The fourth-order valence-electron chi connectivity index (χ4n) is 2.22. The first-order chi connectivity index (χ1) is 10.2. The lowest BCUT2D eigenvalue weighted by atomic mass is 10.2. The molecule has 21 heavy (non-hydrogen) atoms. The van der Waals surface area contributed by atoms with E-state index < -0.39 is 0 Å². The second-order valence-corrected chi connectivity index (χ2v) is 5.03. The lowest BCUT2D eigenvalue weighted by Crippen LogP contribution is -2.12. The molecule has 4 nitrogen and oxygen atoms in total. The molecule has 3 aromatic rings. The summed E-state index contributed by atoms with van der Waals surface area (Å²) in [5.74, 6) is 1.76. The zero-order chi connectivity index (χ0) is 14.7. The third-order valence-corrected chi connectivity index (χ3v) is 3.38. The van der Waals surface area contributed by atoms with E-state index in [1.165, 1.54) is 5.56 Å². The number of fused-ring (bicyclic) bond motifs is 1. The largest absolute Gasteiger partial charge is 0.497 e. The monoisotopic (exact) mass is 282 g/mol. The number of hydrogen-bond donors (Lipinski definition) is 1. The number of hydrogen-bond acceptors (Lipinski definition) is 4. The fourth-order valence-corrected chi connectivity index (χ4v) is 2.22. The molecule has 2 heterocycles. The van der Waals surface area contributed by atoms with Crippen LogP contribution in [0.1, 0.15) is 17.0 Å². The molecule has 4 heteroatoms. The summed E-state index contributed by atoms with van der Waals surface area (Å²) in [6, 6.07) is 12.0. The number of aromatic nitrogens is 1. The van der Waals surface area contributed by atoms with E-state index >= 15 is 0 Å². The van der Waals surface area contributed by atoms with Gasteiger partial charge in [0.2, 0.25) is 0 Å². The molecule has 0 bridgehead atoms. The maximum atomic E-state index is 5.79. The zero-order valence-corrected chi connectivity index (χ0v) is 12.2. The van der Waals surface area contributed by atoms with Crippen molar-refractivity contribution >= 4 is 11.0 Å². The molecule has 3 rings (SSSR count). The predicted octanol–water partition coefficient (Wildman–Crippen LogP) is 3.43. The standard InChI is InChI=1S/C17H18N2O2/c1-12-3-4-13(10-19-12)9-18-11-16-8-14-7-15(20-2)5-6-17(14)21-16/h3-8,10,18H,9,11H2,1-2H3. The molecule has 0 fully saturated rings. The highest BCUT2D eigenvalue weighted by Gasteiger charge is 2.05. The van der Waals surface area contributed by atoms with Crippen LogP contribution in [0.4, 0.5) is 0 Å². The van der Waals surface area contributed by atoms with Crippen molar-refractivity contribution in [2.75, 3.05) is 7.11 Å². The SMILES string of the molecule is COc1ccc2oc(CNCc3ccc(C)nc3)cc2c1. The average molecular weight is 282 g/mol. The van der Waals surface area contributed by atoms with Crippen LogP contribution in [-0.2, 0) is 13.1 Å². The summed E-state index contributed by atoms with van der Waals surface area (Å²) in [5, 5.41) is 4.42. The summed E-state index contributed by atoms with van der Waals surface area (Å²) in [6.07, 6.45) is 1.89. The maximum Gasteiger partial charge on any atom is 0.134 e. The molecule has 0 unspecified atom stereocenters. The molecule has 0 saturated heterocycles. The quantitative estimate of drug-likeness (QED) is 0.778. The average Bonchev–Trinajstić information content (AvgIpc) is 2.91. The first kappa shape index (κ1) is 13.6. The molecule has 0 aliphatic carbocycles. The van der Waals surface area contributed by atoms with Gasteiger partial charge >= 0.3 is 0 Å². The highest BCUT2D eigenvalue weighted by Crippen LogP contribution is 2.24. The van der Waals surface area contributed by atoms with Gasteiger partial charge < -0.3 is 14.5 Å². The van der Waals surface area contributed by atoms with Crippen molar-refractivity contribution in [2.24, 2.45) is 0 Å². The Labute approximate surface area is 123 Å². The van der Waals surface area contributed by atoms with Crippen LogP contribution >= 0.6 is 0 Å². The molecule has 0 radical (unpaired) electrons. The van der Waals surface area contributed by atoms with E-state index in [1.807, 2.05) is 43.5 Å². The maximum absolute atomic E-state index is 5.79. The summed E-state index contributed by atoms with van der Waals surface area (Å²) in [7, 11) is 1.67. The molecule has 0 aliphatic rings. The number of nitrogens with zero attached hydrogens (tertiary/aromatic N) is 1. The van der Waals surface area contributed by atoms with Crippen molar-refractivity contribution in [3.63, 3.8) is 0 Å². The molecule has 1 aromatic carbocycles. The number of rotatable bonds is 5. The predicted molar refractivity (Wildman–Crippen MR) is 82.3 cm³/mol. The number of furan rings is 1. The van der Waals surface area contributed by atoms with Crippen molar-refractivity contribution in [1.29, 1.82) is 0 Å². The minimum absolute atomic E-state index is 0.685. The van der Waals surface area contributed by atoms with E-state index in [4.69, 9.17) is 9.15 Å². The van der Waals surface area contributed by atoms with Gasteiger partial charge in [0, 0.05) is 23.8 Å². The van der Waals surface area contributed by atoms with Crippen LogP contribution in [0.2, 0.25) is 0 Å². The van der Waals surface area contributed by atoms with Gasteiger partial charge in [0.05, 0.1) is 13.7 Å². The Hall–Kier alpha value is -2.33. The normalized spacial score (nSPS) is 11.0. The molecule has 2 aromatic heterocycles. The molecule has 0 saturated carbocycles. The Kier molecular flexibility index (Phi) is 3.88. The van der Waals surface area contributed by atoms with Crippen molar-refractivity contribution in [2.45, 2.75) is 20.0 Å². The van der Waals surface area contributed by atoms with E-state index in [2.05, 4.69) is 16.4 Å². The highest BCUT2D eigenvalue weighted by atomic mass is 16.5. The minimum Gasteiger partial charge on any atom is -0.497 e. The Morgan fingerprint density at radius 1 is 1.14 bits per heavy atom. The van der Waals surface area contributed by atoms with Crippen molar-refractivity contribution < 1.29 is 9.15 Å². The van der Waals surface area contributed by atoms with Crippen molar-refractivity contribution in [1.82, 2.24) is 10.3 Å². The second-order valence-electron chi connectivity index (χ2n) is 5.03. The fraction of sp³-hybridized carbons (Fsp3) is 0.235. The molecule has 0 atom stereocenters. The molecule has 1 N–H and O–H groups in total. The summed E-state index contributed by atoms with van der Waals surface area (Å²) < 4.78 is 11.0. The Morgan fingerprint density at radius 2 is 2.05 bits per heavy atom. The third-order valence-electron chi connectivity index (χ3n) is 3.38. The highest BCUT2D eigenvalue weighted by molar-refractivity contribution is 5.79. The van der Waals surface area contributed by atoms with Crippen LogP contribution in [-0.4, -0.2) is 12.1 Å². The minimum atomic E-state index is 0.685. The van der Waals surface area contributed by atoms with Crippen molar-refractivity contribution in [3.8, 4) is 5.75 Å². The second kappa shape index (κ2) is 5.97. The van der Waals surface area contributed by atoms with Crippen molar-refractivity contribution in [3.05, 3.63) is 59.6 Å². The van der Waals surface area contributed by atoms with Gasteiger partial charge in [0.25, 0.3) is 0 Å². The topological polar surface area (TPSA) is 47.3 Å². The number of aryl methyl sites for hydroxylation is 1. The van der Waals surface area contributed by atoms with Gasteiger partial charge in [-0.15, -0.1) is 0 Å². The van der Waals surface area contributed by atoms with Crippen LogP contribution in [0.15, 0.2) is 47.0 Å². The zero-order valence-electron chi connectivity index (χ0n) is 12.2. The first-order valence-corrected chi connectivity index (χ1v) is 6.93. The lowest BCUT2D eigenvalue weighted by Gasteiger charge is -2.02. The molecular weight excluding hydrogens is 264 g/mol. The molecular formula is C17H18N2O2. The van der Waals surface area contributed by atoms with Gasteiger partial charge in [-0.1, -0.05) is 6.07 Å². The lowest BCUT2D eigenvalue weighted by molar-refractivity contribution is 0.415. The first-order valence-electron chi connectivity index (χ1n) is 6.93. The van der Waals surface area contributed by atoms with Crippen LogP contribution in [0.25, 0.3) is 11.0 Å². The van der Waals surface area contributed by atoms with Gasteiger partial charge in [-0.3, -0.25) is 4.98 Å². The summed E-state index contributed by atoms with van der Waals surface area (Å²) in [4.78, 5) is 4.28. The van der Waals surface area contributed by atoms with Gasteiger partial charge in [0.15, 0.2) is 0 Å². The number of nitrogens with one attached hydrogen (secondary N) is 1. The Morgan fingerprint density at radius 3 is 2.81 bits per heavy atom. The van der Waals surface area contributed by atoms with Crippen LogP contribution in [0.5, 0.6) is 5.75 Å². The summed E-state index contributed by atoms with van der Waals surface area (Å²) in [6.45, 7) is 3.44. The van der Waals surface area contributed by atoms with E-state index in [1.54, 1.807) is 7.11 Å². The Balaban J connectivity index is 1.63. The summed E-state index contributed by atoms with van der Waals surface area (Å²) in [5.41, 5.74) is 3.08. The van der Waals surface area contributed by atoms with Gasteiger partial charge in [-0.05, 0) is 42.8 Å². The van der Waals surface area contributed by atoms with Crippen LogP contribution < -0.4 is 10.1 Å². The number of benzene rings is 1. The molecule has 0 aliphatic heterocycles. The van der Waals surface area contributed by atoms with Gasteiger partial charge in [-0.25, -0.2) is 0 Å². The third kappa shape index (κ3) is 3.23. The number of ether oxygens (including phenoxy) is 1. The molecule has 108 valence electrons. The van der Waals surface area contributed by atoms with E-state index in [9.17, 15) is 0 Å². The van der Waals surface area contributed by atoms with Crippen LogP contribution in [0, 0.1) is 6.92 Å². The van der Waals surface area contributed by atoms with E-state index in [0.717, 1.165) is 34.7 Å². The Bertz CT molecular complexity index is 732.